The Bertz CT molecular complexity index is 1000. The summed E-state index contributed by atoms with van der Waals surface area (Å²) < 4.78 is 12.7. The summed E-state index contributed by atoms with van der Waals surface area (Å²) in [6.45, 7) is 2.12. The molecule has 0 atom stereocenters. The van der Waals surface area contributed by atoms with Crippen molar-refractivity contribution in [3.05, 3.63) is 42.5 Å². The van der Waals surface area contributed by atoms with Crippen molar-refractivity contribution in [1.29, 1.82) is 0 Å². The summed E-state index contributed by atoms with van der Waals surface area (Å²) in [6, 6.07) is 14.2. The Morgan fingerprint density at radius 1 is 1.21 bits per heavy atom. The smallest absolute Gasteiger partial charge is 0.411 e. The Kier molecular flexibility index (Phi) is 4.86. The van der Waals surface area contributed by atoms with Gasteiger partial charge in [0.05, 0.1) is 30.6 Å². The lowest BCUT2D eigenvalue weighted by Gasteiger charge is -2.30. The summed E-state index contributed by atoms with van der Waals surface area (Å²) in [4.78, 5) is 11.6. The SMILES string of the molecule is CCOC(=O)Nc1ccc(-c2c(N)c3cc(OC)ccc3n2C2CCC2)cc1. The largest absolute Gasteiger partial charge is 0.497 e. The Morgan fingerprint density at radius 3 is 2.57 bits per heavy atom. The van der Waals surface area contributed by atoms with E-state index in [1.54, 1.807) is 14.0 Å². The highest BCUT2D eigenvalue weighted by Gasteiger charge is 2.27. The van der Waals surface area contributed by atoms with Crippen molar-refractivity contribution >= 4 is 28.4 Å². The molecule has 2 aromatic carbocycles. The van der Waals surface area contributed by atoms with Gasteiger partial charge in [-0.3, -0.25) is 5.32 Å². The van der Waals surface area contributed by atoms with Crippen LogP contribution in [0.4, 0.5) is 16.2 Å². The predicted octanol–water partition coefficient (Wildman–Crippen LogP) is 5.19. The number of nitrogens with zero attached hydrogens (tertiary/aromatic N) is 1. The first-order valence-electron chi connectivity index (χ1n) is 9.64. The minimum absolute atomic E-state index is 0.339. The molecule has 1 aromatic heterocycles. The van der Waals surface area contributed by atoms with Gasteiger partial charge in [-0.05, 0) is 56.5 Å². The lowest BCUT2D eigenvalue weighted by molar-refractivity contribution is 0.168. The number of carbonyl (C=O) groups excluding carboxylic acids is 1. The molecule has 1 amide bonds. The Morgan fingerprint density at radius 2 is 1.96 bits per heavy atom. The van der Waals surface area contributed by atoms with Crippen LogP contribution in [0.1, 0.15) is 32.2 Å². The van der Waals surface area contributed by atoms with Gasteiger partial charge in [-0.25, -0.2) is 4.79 Å². The zero-order chi connectivity index (χ0) is 19.7. The molecule has 3 N–H and O–H groups in total. The summed E-state index contributed by atoms with van der Waals surface area (Å²) in [5, 5.41) is 3.73. The molecule has 146 valence electrons. The number of benzene rings is 2. The zero-order valence-electron chi connectivity index (χ0n) is 16.2. The number of nitrogens with two attached hydrogens (primary N) is 1. The molecule has 1 fully saturated rings. The lowest BCUT2D eigenvalue weighted by atomic mass is 9.92. The summed E-state index contributed by atoms with van der Waals surface area (Å²) in [6.07, 6.45) is 3.10. The molecule has 1 heterocycles. The quantitative estimate of drug-likeness (QED) is 0.639. The summed E-state index contributed by atoms with van der Waals surface area (Å²) in [5.74, 6) is 0.797. The summed E-state index contributed by atoms with van der Waals surface area (Å²) in [7, 11) is 1.66. The Labute approximate surface area is 164 Å². The van der Waals surface area contributed by atoms with Crippen LogP contribution in [0, 0.1) is 0 Å². The topological polar surface area (TPSA) is 78.5 Å². The number of nitrogen functional groups attached to an aromatic ring is 1. The number of methoxy groups -OCH3 is 1. The minimum atomic E-state index is -0.453. The maximum absolute atomic E-state index is 11.6. The fraction of sp³-hybridized carbons (Fsp3) is 0.318. The van der Waals surface area contributed by atoms with Gasteiger partial charge in [0.15, 0.2) is 0 Å². The number of carbonyl (C=O) groups is 1. The molecular weight excluding hydrogens is 354 g/mol. The van der Waals surface area contributed by atoms with Gasteiger partial charge in [-0.1, -0.05) is 12.1 Å². The van der Waals surface area contributed by atoms with Crippen molar-refractivity contribution in [1.82, 2.24) is 4.57 Å². The van der Waals surface area contributed by atoms with Gasteiger partial charge in [-0.15, -0.1) is 0 Å². The molecule has 0 bridgehead atoms. The number of ether oxygens (including phenoxy) is 2. The van der Waals surface area contributed by atoms with Gasteiger partial charge < -0.3 is 19.8 Å². The monoisotopic (exact) mass is 379 g/mol. The minimum Gasteiger partial charge on any atom is -0.497 e. The highest BCUT2D eigenvalue weighted by Crippen LogP contribution is 2.44. The second-order valence-corrected chi connectivity index (χ2v) is 7.02. The summed E-state index contributed by atoms with van der Waals surface area (Å²) >= 11 is 0. The molecule has 1 saturated carbocycles. The number of aromatic nitrogens is 1. The van der Waals surface area contributed by atoms with E-state index in [9.17, 15) is 4.79 Å². The van der Waals surface area contributed by atoms with Gasteiger partial charge in [0.2, 0.25) is 0 Å². The van der Waals surface area contributed by atoms with Gasteiger partial charge in [0.1, 0.15) is 5.75 Å². The molecule has 28 heavy (non-hydrogen) atoms. The Hall–Kier alpha value is -3.15. The molecular formula is C22H25N3O3. The maximum atomic E-state index is 11.6. The van der Waals surface area contributed by atoms with Crippen molar-refractivity contribution in [3.8, 4) is 17.0 Å². The average Bonchev–Trinajstić information content (AvgIpc) is 2.93. The molecule has 0 saturated heterocycles. The van der Waals surface area contributed by atoms with Crippen LogP contribution in [0.3, 0.4) is 0 Å². The van der Waals surface area contributed by atoms with E-state index in [2.05, 4.69) is 16.0 Å². The van der Waals surface area contributed by atoms with Crippen molar-refractivity contribution in [2.24, 2.45) is 0 Å². The first-order valence-corrected chi connectivity index (χ1v) is 9.64. The van der Waals surface area contributed by atoms with Gasteiger partial charge in [0, 0.05) is 22.7 Å². The van der Waals surface area contributed by atoms with E-state index in [0.29, 0.717) is 18.3 Å². The van der Waals surface area contributed by atoms with E-state index in [-0.39, 0.29) is 0 Å². The van der Waals surface area contributed by atoms with Crippen molar-refractivity contribution in [2.75, 3.05) is 24.8 Å². The number of amides is 1. The van der Waals surface area contributed by atoms with E-state index in [1.165, 1.54) is 6.42 Å². The number of nitrogens with one attached hydrogen (secondary N) is 1. The lowest BCUT2D eigenvalue weighted by Crippen LogP contribution is -2.18. The maximum Gasteiger partial charge on any atom is 0.411 e. The normalized spacial score (nSPS) is 13.9. The van der Waals surface area contributed by atoms with Crippen LogP contribution in [-0.2, 0) is 4.74 Å². The number of rotatable bonds is 5. The summed E-state index contributed by atoms with van der Waals surface area (Å²) in [5.41, 5.74) is 11.2. The standard InChI is InChI=1S/C22H25N3O3/c1-3-28-22(26)24-15-9-7-14(8-10-15)21-20(23)18-13-17(27-2)11-12-19(18)25(21)16-5-4-6-16/h7-13,16H,3-6,23H2,1-2H3,(H,24,26). The number of hydrogen-bond acceptors (Lipinski definition) is 4. The van der Waals surface area contributed by atoms with Crippen LogP contribution >= 0.6 is 0 Å². The fourth-order valence-corrected chi connectivity index (χ4v) is 3.76. The highest BCUT2D eigenvalue weighted by molar-refractivity contribution is 6.02. The van der Waals surface area contributed by atoms with E-state index in [0.717, 1.165) is 46.4 Å². The van der Waals surface area contributed by atoms with Crippen molar-refractivity contribution in [2.45, 2.75) is 32.2 Å². The highest BCUT2D eigenvalue weighted by atomic mass is 16.5. The molecule has 6 heteroatoms. The van der Waals surface area contributed by atoms with Crippen LogP contribution in [-0.4, -0.2) is 24.4 Å². The third-order valence-electron chi connectivity index (χ3n) is 5.37. The first kappa shape index (κ1) is 18.2. The van der Waals surface area contributed by atoms with Crippen LogP contribution in [0.2, 0.25) is 0 Å². The fourth-order valence-electron chi connectivity index (χ4n) is 3.76. The molecule has 3 aromatic rings. The second-order valence-electron chi connectivity index (χ2n) is 7.02. The van der Waals surface area contributed by atoms with Crippen LogP contribution in [0.15, 0.2) is 42.5 Å². The third kappa shape index (κ3) is 3.15. The molecule has 1 aliphatic rings. The molecule has 4 rings (SSSR count). The molecule has 0 unspecified atom stereocenters. The van der Waals surface area contributed by atoms with E-state index < -0.39 is 6.09 Å². The van der Waals surface area contributed by atoms with Gasteiger partial charge >= 0.3 is 6.09 Å². The number of hydrogen-bond donors (Lipinski definition) is 2. The zero-order valence-corrected chi connectivity index (χ0v) is 16.2. The van der Waals surface area contributed by atoms with Gasteiger partial charge in [-0.2, -0.15) is 0 Å². The van der Waals surface area contributed by atoms with Crippen LogP contribution < -0.4 is 15.8 Å². The van der Waals surface area contributed by atoms with Crippen LogP contribution in [0.5, 0.6) is 5.75 Å². The van der Waals surface area contributed by atoms with Crippen molar-refractivity contribution < 1.29 is 14.3 Å². The van der Waals surface area contributed by atoms with Gasteiger partial charge in [0.25, 0.3) is 0 Å². The molecule has 0 aliphatic heterocycles. The molecule has 0 radical (unpaired) electrons. The number of anilines is 2. The average molecular weight is 379 g/mol. The van der Waals surface area contributed by atoms with E-state index in [1.807, 2.05) is 36.4 Å². The second kappa shape index (κ2) is 7.46. The molecule has 0 spiro atoms. The molecule has 1 aliphatic carbocycles. The molecule has 6 nitrogen and oxygen atoms in total. The third-order valence-corrected chi connectivity index (χ3v) is 5.37. The first-order chi connectivity index (χ1) is 13.6. The van der Waals surface area contributed by atoms with E-state index in [4.69, 9.17) is 15.2 Å². The number of fused-ring (bicyclic) bond motifs is 1. The predicted molar refractivity (Wildman–Crippen MR) is 112 cm³/mol. The Balaban J connectivity index is 1.77. The van der Waals surface area contributed by atoms with Crippen molar-refractivity contribution in [3.63, 3.8) is 0 Å². The van der Waals surface area contributed by atoms with E-state index >= 15 is 0 Å². The van der Waals surface area contributed by atoms with Crippen LogP contribution in [0.25, 0.3) is 22.2 Å².